The van der Waals surface area contributed by atoms with E-state index >= 15 is 0 Å². The molecule has 4 aliphatic rings. The molecule has 0 aromatic carbocycles. The first-order chi connectivity index (χ1) is 10.7. The molecule has 0 radical (unpaired) electrons. The van der Waals surface area contributed by atoms with Crippen LogP contribution in [0, 0.1) is 17.8 Å². The van der Waals surface area contributed by atoms with Gasteiger partial charge in [-0.2, -0.15) is 5.10 Å². The fraction of sp³-hybridized carbons (Fsp3) is 0.588. The summed E-state index contributed by atoms with van der Waals surface area (Å²) in [6.45, 7) is 0. The monoisotopic (exact) mass is 298 g/mol. The van der Waals surface area contributed by atoms with Gasteiger partial charge in [0.2, 0.25) is 0 Å². The molecule has 0 atom stereocenters. The summed E-state index contributed by atoms with van der Waals surface area (Å²) in [7, 11) is 0. The van der Waals surface area contributed by atoms with E-state index in [1.807, 2.05) is 12.1 Å². The van der Waals surface area contributed by atoms with Crippen LogP contribution in [0.15, 0.2) is 29.6 Å². The molecule has 4 saturated carbocycles. The second-order valence-corrected chi connectivity index (χ2v) is 7.31. The number of carbonyl (C=O) groups excluding carboxylic acids is 1. The molecule has 5 nitrogen and oxygen atoms in total. The highest BCUT2D eigenvalue weighted by atomic mass is 16.2. The van der Waals surface area contributed by atoms with Crippen LogP contribution in [0.4, 0.5) is 4.79 Å². The number of hydrazone groups is 1. The fourth-order valence-electron chi connectivity index (χ4n) is 5.15. The molecular weight excluding hydrogens is 276 g/mol. The van der Waals surface area contributed by atoms with E-state index in [1.54, 1.807) is 18.6 Å². The zero-order valence-corrected chi connectivity index (χ0v) is 12.7. The Morgan fingerprint density at radius 3 is 2.50 bits per heavy atom. The van der Waals surface area contributed by atoms with Gasteiger partial charge in [0.25, 0.3) is 0 Å². The number of nitrogens with zero attached hydrogens (tertiary/aromatic N) is 2. The van der Waals surface area contributed by atoms with E-state index < -0.39 is 0 Å². The number of nitrogens with one attached hydrogen (secondary N) is 2. The Kier molecular flexibility index (Phi) is 3.36. The number of pyridine rings is 1. The van der Waals surface area contributed by atoms with Gasteiger partial charge in [0.1, 0.15) is 0 Å². The zero-order valence-electron chi connectivity index (χ0n) is 12.7. The first-order valence-corrected chi connectivity index (χ1v) is 8.22. The Hall–Kier alpha value is -1.91. The average Bonchev–Trinajstić information content (AvgIpc) is 2.46. The molecule has 0 unspecified atom stereocenters. The van der Waals surface area contributed by atoms with Crippen molar-refractivity contribution in [3.63, 3.8) is 0 Å². The summed E-state index contributed by atoms with van der Waals surface area (Å²) in [6.07, 6.45) is 12.6. The third-order valence-electron chi connectivity index (χ3n) is 5.48. The molecule has 116 valence electrons. The van der Waals surface area contributed by atoms with E-state index in [0.29, 0.717) is 0 Å². The summed E-state index contributed by atoms with van der Waals surface area (Å²) in [5.41, 5.74) is 3.50. The van der Waals surface area contributed by atoms with E-state index in [-0.39, 0.29) is 11.6 Å². The number of hydrogen-bond donors (Lipinski definition) is 2. The second-order valence-electron chi connectivity index (χ2n) is 7.31. The molecule has 0 aliphatic heterocycles. The smallest absolute Gasteiger partial charge is 0.331 e. The Bertz CT molecular complexity index is 548. The minimum Gasteiger partial charge on any atom is -0.331 e. The topological polar surface area (TPSA) is 66.4 Å². The number of hydrogen-bond acceptors (Lipinski definition) is 3. The maximum absolute atomic E-state index is 12.2. The molecule has 22 heavy (non-hydrogen) atoms. The molecule has 2 amide bonds. The van der Waals surface area contributed by atoms with Gasteiger partial charge in [-0.05, 0) is 62.3 Å². The molecule has 0 saturated heterocycles. The standard InChI is InChI=1S/C17H22N4O/c22-16(21-19-11-12-2-1-3-18-10-12)20-17-7-13-4-14(8-17)6-15(5-13)9-17/h1-3,10-11,13-15H,4-9H2,(H2,20,21,22). The molecule has 2 N–H and O–H groups in total. The highest BCUT2D eigenvalue weighted by Crippen LogP contribution is 2.55. The molecule has 1 aromatic rings. The number of amides is 2. The maximum atomic E-state index is 12.2. The Labute approximate surface area is 130 Å². The van der Waals surface area contributed by atoms with Crippen LogP contribution in [0.1, 0.15) is 44.1 Å². The predicted octanol–water partition coefficient (Wildman–Crippen LogP) is 2.68. The van der Waals surface area contributed by atoms with Crippen molar-refractivity contribution >= 4 is 12.2 Å². The van der Waals surface area contributed by atoms with Gasteiger partial charge in [0, 0.05) is 23.5 Å². The van der Waals surface area contributed by atoms with Crippen LogP contribution in [0.25, 0.3) is 0 Å². The van der Waals surface area contributed by atoms with E-state index in [2.05, 4.69) is 20.8 Å². The van der Waals surface area contributed by atoms with Crippen LogP contribution in [0.5, 0.6) is 0 Å². The number of carbonyl (C=O) groups is 1. The van der Waals surface area contributed by atoms with Crippen molar-refractivity contribution in [1.29, 1.82) is 0 Å². The minimum atomic E-state index is -0.179. The molecule has 0 spiro atoms. The molecule has 4 bridgehead atoms. The lowest BCUT2D eigenvalue weighted by Crippen LogP contribution is -2.61. The maximum Gasteiger partial charge on any atom is 0.335 e. The van der Waals surface area contributed by atoms with Crippen molar-refractivity contribution in [2.45, 2.75) is 44.1 Å². The van der Waals surface area contributed by atoms with Crippen LogP contribution >= 0.6 is 0 Å². The van der Waals surface area contributed by atoms with E-state index in [4.69, 9.17) is 0 Å². The van der Waals surface area contributed by atoms with Crippen molar-refractivity contribution in [1.82, 2.24) is 15.7 Å². The van der Waals surface area contributed by atoms with Gasteiger partial charge in [-0.3, -0.25) is 4.98 Å². The van der Waals surface area contributed by atoms with Gasteiger partial charge in [-0.15, -0.1) is 0 Å². The van der Waals surface area contributed by atoms with E-state index in [9.17, 15) is 4.79 Å². The number of rotatable bonds is 3. The fourth-order valence-corrected chi connectivity index (χ4v) is 5.15. The largest absolute Gasteiger partial charge is 0.335 e. The van der Waals surface area contributed by atoms with Gasteiger partial charge in [0.15, 0.2) is 0 Å². The minimum absolute atomic E-state index is 0.0304. The number of urea groups is 1. The third-order valence-corrected chi connectivity index (χ3v) is 5.48. The van der Waals surface area contributed by atoms with E-state index in [0.717, 1.165) is 42.6 Å². The van der Waals surface area contributed by atoms with Crippen LogP contribution in [0.3, 0.4) is 0 Å². The van der Waals surface area contributed by atoms with Crippen LogP contribution in [-0.2, 0) is 0 Å². The van der Waals surface area contributed by atoms with Crippen LogP contribution < -0.4 is 10.7 Å². The van der Waals surface area contributed by atoms with Gasteiger partial charge in [0.05, 0.1) is 6.21 Å². The van der Waals surface area contributed by atoms with E-state index in [1.165, 1.54) is 19.3 Å². The predicted molar refractivity (Wildman–Crippen MR) is 84.4 cm³/mol. The lowest BCUT2D eigenvalue weighted by molar-refractivity contribution is -0.0135. The SMILES string of the molecule is O=C(NN=Cc1cccnc1)NC12CC3CC(CC(C3)C1)C2. The molecule has 4 aliphatic carbocycles. The Morgan fingerprint density at radius 1 is 1.23 bits per heavy atom. The molecule has 4 fully saturated rings. The summed E-state index contributed by atoms with van der Waals surface area (Å²) < 4.78 is 0. The van der Waals surface area contributed by atoms with Crippen molar-refractivity contribution < 1.29 is 4.79 Å². The molecule has 5 rings (SSSR count). The van der Waals surface area contributed by atoms with Crippen molar-refractivity contribution in [2.24, 2.45) is 22.9 Å². The second kappa shape index (κ2) is 5.38. The molecule has 1 aromatic heterocycles. The highest BCUT2D eigenvalue weighted by Gasteiger charge is 2.51. The lowest BCUT2D eigenvalue weighted by atomic mass is 9.53. The summed E-state index contributed by atoms with van der Waals surface area (Å²) in [6, 6.07) is 3.56. The first-order valence-electron chi connectivity index (χ1n) is 8.22. The summed E-state index contributed by atoms with van der Waals surface area (Å²) in [5, 5.41) is 7.24. The normalized spacial score (nSPS) is 35.7. The average molecular weight is 298 g/mol. The van der Waals surface area contributed by atoms with Crippen molar-refractivity contribution in [2.75, 3.05) is 0 Å². The number of aromatic nitrogens is 1. The Balaban J connectivity index is 1.35. The summed E-state index contributed by atoms with van der Waals surface area (Å²) >= 11 is 0. The molecule has 1 heterocycles. The Morgan fingerprint density at radius 2 is 1.91 bits per heavy atom. The van der Waals surface area contributed by atoms with Crippen LogP contribution in [-0.4, -0.2) is 22.8 Å². The van der Waals surface area contributed by atoms with Gasteiger partial charge in [-0.1, -0.05) is 6.07 Å². The van der Waals surface area contributed by atoms with Crippen molar-refractivity contribution in [3.8, 4) is 0 Å². The highest BCUT2D eigenvalue weighted by molar-refractivity contribution is 5.81. The quantitative estimate of drug-likeness (QED) is 0.665. The van der Waals surface area contributed by atoms with Gasteiger partial charge >= 0.3 is 6.03 Å². The summed E-state index contributed by atoms with van der Waals surface area (Å²) in [5.74, 6) is 2.47. The van der Waals surface area contributed by atoms with Gasteiger partial charge in [-0.25, -0.2) is 10.2 Å². The molecular formula is C17H22N4O. The first kappa shape index (κ1) is 13.7. The summed E-state index contributed by atoms with van der Waals surface area (Å²) in [4.78, 5) is 16.2. The molecule has 5 heteroatoms. The van der Waals surface area contributed by atoms with Gasteiger partial charge < -0.3 is 5.32 Å². The van der Waals surface area contributed by atoms with Crippen molar-refractivity contribution in [3.05, 3.63) is 30.1 Å². The third kappa shape index (κ3) is 2.72. The van der Waals surface area contributed by atoms with Crippen LogP contribution in [0.2, 0.25) is 0 Å². The lowest BCUT2D eigenvalue weighted by Gasteiger charge is -2.56. The zero-order chi connectivity index (χ0) is 15.0.